The third-order valence-electron chi connectivity index (χ3n) is 5.52. The molecular formula is C25H25BrClN5OS. The third-order valence-corrected chi connectivity index (χ3v) is 7.15. The molecule has 0 spiro atoms. The SMILES string of the molecule is O=C(CSc1nnc(-c2ccc(Cl)cc2)n1C1CCCCC1)NN=CC(Br)=Cc1ccccc1. The van der Waals surface area contributed by atoms with E-state index in [-0.39, 0.29) is 11.7 Å². The summed E-state index contributed by atoms with van der Waals surface area (Å²) in [6, 6.07) is 17.8. The van der Waals surface area contributed by atoms with Crippen molar-refractivity contribution >= 4 is 57.5 Å². The van der Waals surface area contributed by atoms with Gasteiger partial charge < -0.3 is 0 Å². The van der Waals surface area contributed by atoms with Crippen LogP contribution in [0.3, 0.4) is 0 Å². The maximum absolute atomic E-state index is 12.4. The number of rotatable bonds is 8. The maximum Gasteiger partial charge on any atom is 0.250 e. The molecule has 3 aromatic rings. The summed E-state index contributed by atoms with van der Waals surface area (Å²) >= 11 is 10.9. The van der Waals surface area contributed by atoms with Crippen molar-refractivity contribution in [3.63, 3.8) is 0 Å². The van der Waals surface area contributed by atoms with E-state index in [1.165, 1.54) is 31.0 Å². The van der Waals surface area contributed by atoms with Crippen LogP contribution in [0, 0.1) is 0 Å². The number of amides is 1. The van der Waals surface area contributed by atoms with Crippen LogP contribution in [-0.4, -0.2) is 32.6 Å². The maximum atomic E-state index is 12.4. The first-order valence-electron chi connectivity index (χ1n) is 11.2. The monoisotopic (exact) mass is 557 g/mol. The Labute approximate surface area is 217 Å². The van der Waals surface area contributed by atoms with Gasteiger partial charge in [-0.3, -0.25) is 9.36 Å². The summed E-state index contributed by atoms with van der Waals surface area (Å²) < 4.78 is 2.96. The lowest BCUT2D eigenvalue weighted by molar-refractivity contribution is -0.118. The van der Waals surface area contributed by atoms with Crippen molar-refractivity contribution in [1.29, 1.82) is 0 Å². The molecule has 1 amide bonds. The van der Waals surface area contributed by atoms with Crippen molar-refractivity contribution in [1.82, 2.24) is 20.2 Å². The third kappa shape index (κ3) is 6.81. The van der Waals surface area contributed by atoms with Crippen molar-refractivity contribution in [3.8, 4) is 11.4 Å². The topological polar surface area (TPSA) is 72.2 Å². The number of thioether (sulfide) groups is 1. The fourth-order valence-corrected chi connectivity index (χ4v) is 5.20. The molecule has 0 atom stereocenters. The van der Waals surface area contributed by atoms with Gasteiger partial charge in [-0.2, -0.15) is 5.10 Å². The van der Waals surface area contributed by atoms with Crippen LogP contribution in [0.15, 0.2) is 69.3 Å². The molecule has 1 saturated carbocycles. The first-order chi connectivity index (χ1) is 16.6. The lowest BCUT2D eigenvalue weighted by atomic mass is 9.95. The number of hydrazone groups is 1. The van der Waals surface area contributed by atoms with E-state index in [1.54, 1.807) is 6.21 Å². The molecule has 1 heterocycles. The predicted octanol–water partition coefficient (Wildman–Crippen LogP) is 6.73. The smallest absolute Gasteiger partial charge is 0.250 e. The summed E-state index contributed by atoms with van der Waals surface area (Å²) in [6.07, 6.45) is 9.30. The molecule has 1 aliphatic rings. The average molecular weight is 559 g/mol. The summed E-state index contributed by atoms with van der Waals surface area (Å²) in [5, 5.41) is 14.4. The van der Waals surface area contributed by atoms with Crippen LogP contribution >= 0.6 is 39.3 Å². The Morgan fingerprint density at radius 1 is 1.12 bits per heavy atom. The number of benzene rings is 2. The molecule has 6 nitrogen and oxygen atoms in total. The van der Waals surface area contributed by atoms with Gasteiger partial charge in [-0.1, -0.05) is 73.0 Å². The Balaban J connectivity index is 1.41. The molecule has 4 rings (SSSR count). The molecule has 0 radical (unpaired) electrons. The first kappa shape index (κ1) is 24.7. The van der Waals surface area contributed by atoms with Crippen LogP contribution in [0.4, 0.5) is 0 Å². The largest absolute Gasteiger partial charge is 0.299 e. The molecule has 1 N–H and O–H groups in total. The fourth-order valence-electron chi connectivity index (χ4n) is 3.91. The van der Waals surface area contributed by atoms with E-state index in [0.29, 0.717) is 11.1 Å². The van der Waals surface area contributed by atoms with Crippen LogP contribution in [-0.2, 0) is 4.79 Å². The summed E-state index contributed by atoms with van der Waals surface area (Å²) in [5.41, 5.74) is 4.59. The van der Waals surface area contributed by atoms with E-state index >= 15 is 0 Å². The number of allylic oxidation sites excluding steroid dienone is 1. The van der Waals surface area contributed by atoms with E-state index in [4.69, 9.17) is 11.6 Å². The van der Waals surface area contributed by atoms with Gasteiger partial charge in [0.05, 0.1) is 12.0 Å². The standard InChI is InChI=1S/C25H25BrClN5OS/c26-20(15-18-7-3-1-4-8-18)16-28-29-23(33)17-34-25-31-30-24(19-11-13-21(27)14-12-19)32(25)22-9-5-2-6-10-22/h1,3-4,7-8,11-16,22H,2,5-6,9-10,17H2,(H,29,33). The quantitative estimate of drug-likeness (QED) is 0.189. The highest BCUT2D eigenvalue weighted by Crippen LogP contribution is 2.35. The number of nitrogens with one attached hydrogen (secondary N) is 1. The first-order valence-corrected chi connectivity index (χ1v) is 13.3. The molecule has 1 fully saturated rings. The fraction of sp³-hybridized carbons (Fsp3) is 0.280. The van der Waals surface area contributed by atoms with Gasteiger partial charge in [0.15, 0.2) is 11.0 Å². The van der Waals surface area contributed by atoms with Crippen molar-refractivity contribution in [2.24, 2.45) is 5.10 Å². The molecule has 2 aromatic carbocycles. The number of carbonyl (C=O) groups is 1. The molecule has 9 heteroatoms. The van der Waals surface area contributed by atoms with Crippen LogP contribution in [0.5, 0.6) is 0 Å². The van der Waals surface area contributed by atoms with Gasteiger partial charge in [0.1, 0.15) is 0 Å². The van der Waals surface area contributed by atoms with E-state index in [2.05, 4.69) is 41.2 Å². The van der Waals surface area contributed by atoms with Gasteiger partial charge in [0, 0.05) is 21.1 Å². The zero-order valence-corrected chi connectivity index (χ0v) is 21.7. The Bertz CT molecular complexity index is 1160. The van der Waals surface area contributed by atoms with E-state index in [1.807, 2.05) is 60.7 Å². The molecule has 1 aromatic heterocycles. The zero-order chi connectivity index (χ0) is 23.8. The van der Waals surface area contributed by atoms with E-state index in [9.17, 15) is 4.79 Å². The number of halogens is 2. The van der Waals surface area contributed by atoms with E-state index in [0.717, 1.165) is 39.4 Å². The average Bonchev–Trinajstić information content (AvgIpc) is 3.28. The number of hydrogen-bond acceptors (Lipinski definition) is 5. The number of carbonyl (C=O) groups excluding carboxylic acids is 1. The number of hydrogen-bond donors (Lipinski definition) is 1. The Kier molecular flexibility index (Phi) is 8.96. The lowest BCUT2D eigenvalue weighted by Crippen LogP contribution is -2.20. The minimum atomic E-state index is -0.201. The molecule has 34 heavy (non-hydrogen) atoms. The van der Waals surface area contributed by atoms with Crippen LogP contribution < -0.4 is 5.43 Å². The summed E-state index contributed by atoms with van der Waals surface area (Å²) in [6.45, 7) is 0. The highest BCUT2D eigenvalue weighted by Gasteiger charge is 2.24. The molecule has 0 saturated heterocycles. The van der Waals surface area contributed by atoms with Gasteiger partial charge in [0.2, 0.25) is 0 Å². The van der Waals surface area contributed by atoms with Crippen LogP contribution in [0.1, 0.15) is 43.7 Å². The zero-order valence-electron chi connectivity index (χ0n) is 18.5. The van der Waals surface area contributed by atoms with E-state index < -0.39 is 0 Å². The molecule has 176 valence electrons. The number of aromatic nitrogens is 3. The normalized spacial score (nSPS) is 15.1. The van der Waals surface area contributed by atoms with Crippen molar-refractivity contribution in [3.05, 3.63) is 69.7 Å². The Hall–Kier alpha value is -2.42. The molecular weight excluding hydrogens is 534 g/mol. The second kappa shape index (κ2) is 12.3. The van der Waals surface area contributed by atoms with Gasteiger partial charge in [-0.05, 0) is 64.7 Å². The highest BCUT2D eigenvalue weighted by molar-refractivity contribution is 9.12. The Morgan fingerprint density at radius 3 is 2.59 bits per heavy atom. The minimum absolute atomic E-state index is 0.197. The lowest BCUT2D eigenvalue weighted by Gasteiger charge is -2.25. The van der Waals surface area contributed by atoms with Crippen molar-refractivity contribution in [2.75, 3.05) is 5.75 Å². The minimum Gasteiger partial charge on any atom is -0.299 e. The van der Waals surface area contributed by atoms with Crippen molar-refractivity contribution < 1.29 is 4.79 Å². The van der Waals surface area contributed by atoms with Gasteiger partial charge >= 0.3 is 0 Å². The van der Waals surface area contributed by atoms with Crippen LogP contribution in [0.2, 0.25) is 5.02 Å². The van der Waals surface area contributed by atoms with Gasteiger partial charge in [0.25, 0.3) is 5.91 Å². The summed E-state index contributed by atoms with van der Waals surface area (Å²) in [4.78, 5) is 12.4. The van der Waals surface area contributed by atoms with Crippen LogP contribution in [0.25, 0.3) is 17.5 Å². The summed E-state index contributed by atoms with van der Waals surface area (Å²) in [5.74, 6) is 0.815. The summed E-state index contributed by atoms with van der Waals surface area (Å²) in [7, 11) is 0. The van der Waals surface area contributed by atoms with Crippen molar-refractivity contribution in [2.45, 2.75) is 43.3 Å². The second-order valence-corrected chi connectivity index (χ2v) is 10.3. The molecule has 0 aliphatic heterocycles. The predicted molar refractivity (Wildman–Crippen MR) is 143 cm³/mol. The molecule has 1 aliphatic carbocycles. The second-order valence-electron chi connectivity index (χ2n) is 8.00. The highest BCUT2D eigenvalue weighted by atomic mass is 79.9. The van der Waals surface area contributed by atoms with Gasteiger partial charge in [-0.15, -0.1) is 10.2 Å². The Morgan fingerprint density at radius 2 is 1.85 bits per heavy atom. The number of nitrogens with zero attached hydrogens (tertiary/aromatic N) is 4. The molecule has 0 bridgehead atoms. The molecule has 0 unspecified atom stereocenters. The van der Waals surface area contributed by atoms with Gasteiger partial charge in [-0.25, -0.2) is 5.43 Å².